The van der Waals surface area contributed by atoms with Crippen LogP contribution in [0.3, 0.4) is 0 Å². The number of aliphatic hydroxyl groups is 1. The molecule has 0 aromatic rings. The third kappa shape index (κ3) is 16.1. The molecular weight excluding hydrogens is 322 g/mol. The van der Waals surface area contributed by atoms with E-state index in [1.165, 1.54) is 0 Å². The van der Waals surface area contributed by atoms with Gasteiger partial charge in [0.05, 0.1) is 12.8 Å². The molecule has 0 heterocycles. The van der Waals surface area contributed by atoms with E-state index in [1.54, 1.807) is 0 Å². The molecule has 0 rings (SSSR count). The first-order chi connectivity index (χ1) is 11.4. The van der Waals surface area contributed by atoms with Crippen molar-refractivity contribution in [3.8, 4) is 0 Å². The summed E-state index contributed by atoms with van der Waals surface area (Å²) in [6.45, 7) is 13.2. The Morgan fingerprint density at radius 2 is 1.20 bits per heavy atom. The van der Waals surface area contributed by atoms with Gasteiger partial charge in [0.25, 0.3) is 0 Å². The zero-order chi connectivity index (χ0) is 19.5. The second-order valence-electron chi connectivity index (χ2n) is 8.30. The van der Waals surface area contributed by atoms with Gasteiger partial charge in [0.1, 0.15) is 11.2 Å². The molecule has 0 aromatic heterocycles. The lowest BCUT2D eigenvalue weighted by atomic mass is 10.2. The monoisotopic (exact) mass is 359 g/mol. The molecule has 0 saturated carbocycles. The van der Waals surface area contributed by atoms with Crippen molar-refractivity contribution >= 4 is 11.9 Å². The summed E-state index contributed by atoms with van der Waals surface area (Å²) < 4.78 is 10.7. The minimum Gasteiger partial charge on any atom is -0.460 e. The predicted octanol–water partition coefficient (Wildman–Crippen LogP) is 2.91. The molecule has 6 nitrogen and oxygen atoms in total. The first-order valence-corrected chi connectivity index (χ1v) is 9.20. The van der Waals surface area contributed by atoms with Gasteiger partial charge >= 0.3 is 11.9 Å². The number of esters is 2. The van der Waals surface area contributed by atoms with Crippen LogP contribution in [0.15, 0.2) is 0 Å². The van der Waals surface area contributed by atoms with Crippen LogP contribution < -0.4 is 0 Å². The maximum absolute atomic E-state index is 11.9. The highest BCUT2D eigenvalue weighted by Gasteiger charge is 2.19. The summed E-state index contributed by atoms with van der Waals surface area (Å²) in [5, 5.41) is 8.86. The van der Waals surface area contributed by atoms with Crippen LogP contribution in [0.2, 0.25) is 0 Å². The number of hydrogen-bond donors (Lipinski definition) is 1. The van der Waals surface area contributed by atoms with Gasteiger partial charge in [-0.1, -0.05) is 0 Å². The first kappa shape index (κ1) is 23.9. The Hall–Kier alpha value is -1.14. The topological polar surface area (TPSA) is 76.1 Å². The number of carbonyl (C=O) groups excluding carboxylic acids is 2. The van der Waals surface area contributed by atoms with Gasteiger partial charge in [0, 0.05) is 19.7 Å². The molecule has 6 heteroatoms. The Balaban J connectivity index is 4.39. The first-order valence-electron chi connectivity index (χ1n) is 9.20. The van der Waals surface area contributed by atoms with Crippen molar-refractivity contribution in [2.45, 2.75) is 84.8 Å². The van der Waals surface area contributed by atoms with Gasteiger partial charge in [0.2, 0.25) is 0 Å². The zero-order valence-electron chi connectivity index (χ0n) is 16.9. The zero-order valence-corrected chi connectivity index (χ0v) is 16.9. The Morgan fingerprint density at radius 3 is 1.56 bits per heavy atom. The number of hydrogen-bond acceptors (Lipinski definition) is 6. The number of unbranched alkanes of at least 4 members (excludes halogenated alkanes) is 2. The number of rotatable bonds is 11. The molecule has 0 aliphatic rings. The van der Waals surface area contributed by atoms with E-state index in [0.29, 0.717) is 25.9 Å². The summed E-state index contributed by atoms with van der Waals surface area (Å²) in [4.78, 5) is 25.9. The smallest absolute Gasteiger partial charge is 0.307 e. The van der Waals surface area contributed by atoms with E-state index >= 15 is 0 Å². The summed E-state index contributed by atoms with van der Waals surface area (Å²) >= 11 is 0. The summed E-state index contributed by atoms with van der Waals surface area (Å²) in [5.74, 6) is -0.463. The van der Waals surface area contributed by atoms with Gasteiger partial charge in [-0.2, -0.15) is 0 Å². The third-order valence-electron chi connectivity index (χ3n) is 3.24. The Kier molecular flexibility index (Phi) is 10.9. The van der Waals surface area contributed by atoms with Crippen molar-refractivity contribution < 1.29 is 24.2 Å². The van der Waals surface area contributed by atoms with Crippen molar-refractivity contribution in [1.29, 1.82) is 0 Å². The van der Waals surface area contributed by atoms with E-state index in [4.69, 9.17) is 14.6 Å². The van der Waals surface area contributed by atoms with Crippen LogP contribution in [-0.4, -0.2) is 59.4 Å². The fraction of sp³-hybridized carbons (Fsp3) is 0.895. The normalized spacial score (nSPS) is 12.3. The molecule has 0 spiro atoms. The molecule has 0 amide bonds. The SMILES string of the molecule is CC(C)(C)OC(=O)CCN(CCCCCO)CCC(=O)OC(C)(C)C. The van der Waals surface area contributed by atoms with Crippen molar-refractivity contribution in [1.82, 2.24) is 4.90 Å². The van der Waals surface area contributed by atoms with Crippen molar-refractivity contribution in [3.63, 3.8) is 0 Å². The number of nitrogens with zero attached hydrogens (tertiary/aromatic N) is 1. The summed E-state index contributed by atoms with van der Waals surface area (Å²) in [6.07, 6.45) is 3.21. The van der Waals surface area contributed by atoms with E-state index in [-0.39, 0.29) is 18.5 Å². The van der Waals surface area contributed by atoms with Crippen LogP contribution >= 0.6 is 0 Å². The minimum atomic E-state index is -0.487. The fourth-order valence-electron chi connectivity index (χ4n) is 2.24. The highest BCUT2D eigenvalue weighted by Crippen LogP contribution is 2.11. The van der Waals surface area contributed by atoms with Crippen LogP contribution in [0.5, 0.6) is 0 Å². The van der Waals surface area contributed by atoms with Crippen molar-refractivity contribution in [2.24, 2.45) is 0 Å². The van der Waals surface area contributed by atoms with Gasteiger partial charge in [-0.15, -0.1) is 0 Å². The molecule has 0 aliphatic heterocycles. The van der Waals surface area contributed by atoms with Gasteiger partial charge in [0.15, 0.2) is 0 Å². The van der Waals surface area contributed by atoms with Crippen molar-refractivity contribution in [3.05, 3.63) is 0 Å². The highest BCUT2D eigenvalue weighted by atomic mass is 16.6. The largest absolute Gasteiger partial charge is 0.460 e. The van der Waals surface area contributed by atoms with Crippen LogP contribution in [0.1, 0.15) is 73.6 Å². The van der Waals surface area contributed by atoms with Gasteiger partial charge < -0.3 is 19.5 Å². The standard InChI is InChI=1S/C19H37NO5/c1-18(2,3)24-16(22)10-13-20(12-8-7-9-15-21)14-11-17(23)25-19(4,5)6/h21H,7-15H2,1-6H3. The molecule has 148 valence electrons. The van der Waals surface area contributed by atoms with Gasteiger partial charge in [-0.25, -0.2) is 0 Å². The molecule has 0 radical (unpaired) electrons. The van der Waals surface area contributed by atoms with Crippen molar-refractivity contribution in [2.75, 3.05) is 26.2 Å². The van der Waals surface area contributed by atoms with E-state index in [0.717, 1.165) is 25.8 Å². The van der Waals surface area contributed by atoms with E-state index in [9.17, 15) is 9.59 Å². The summed E-state index contributed by atoms with van der Waals surface area (Å²) in [5.41, 5.74) is -0.973. The van der Waals surface area contributed by atoms with Gasteiger partial charge in [-0.05, 0) is 67.3 Å². The maximum atomic E-state index is 11.9. The van der Waals surface area contributed by atoms with Crippen LogP contribution in [0.4, 0.5) is 0 Å². The Labute approximate surface area is 152 Å². The minimum absolute atomic E-state index is 0.190. The second kappa shape index (κ2) is 11.5. The predicted molar refractivity (Wildman–Crippen MR) is 98.3 cm³/mol. The molecule has 0 aromatic carbocycles. The molecule has 25 heavy (non-hydrogen) atoms. The average Bonchev–Trinajstić information content (AvgIpc) is 2.41. The van der Waals surface area contributed by atoms with Gasteiger partial charge in [-0.3, -0.25) is 9.59 Å². The maximum Gasteiger partial charge on any atom is 0.307 e. The highest BCUT2D eigenvalue weighted by molar-refractivity contribution is 5.70. The molecule has 1 N–H and O–H groups in total. The Bertz CT molecular complexity index is 364. The van der Waals surface area contributed by atoms with Crippen LogP contribution in [-0.2, 0) is 19.1 Å². The van der Waals surface area contributed by atoms with Crippen LogP contribution in [0.25, 0.3) is 0 Å². The molecule has 0 saturated heterocycles. The molecule has 0 atom stereocenters. The Morgan fingerprint density at radius 1 is 0.760 bits per heavy atom. The number of ether oxygens (including phenoxy) is 2. The van der Waals surface area contributed by atoms with E-state index in [1.807, 2.05) is 41.5 Å². The lowest BCUT2D eigenvalue weighted by molar-refractivity contribution is -0.155. The number of aliphatic hydroxyl groups excluding tert-OH is 1. The molecule has 0 aliphatic carbocycles. The summed E-state index contributed by atoms with van der Waals surface area (Å²) in [7, 11) is 0. The fourth-order valence-corrected chi connectivity index (χ4v) is 2.24. The molecule has 0 unspecified atom stereocenters. The quantitative estimate of drug-likeness (QED) is 0.451. The second-order valence-corrected chi connectivity index (χ2v) is 8.30. The lowest BCUT2D eigenvalue weighted by Crippen LogP contribution is -2.33. The number of carbonyl (C=O) groups is 2. The molecule has 0 fully saturated rings. The third-order valence-corrected chi connectivity index (χ3v) is 3.24. The summed E-state index contributed by atoms with van der Waals surface area (Å²) in [6, 6.07) is 0. The van der Waals surface area contributed by atoms with Crippen LogP contribution in [0, 0.1) is 0 Å². The average molecular weight is 360 g/mol. The molecular formula is C19H37NO5. The molecule has 0 bridgehead atoms. The van der Waals surface area contributed by atoms with E-state index < -0.39 is 11.2 Å². The van der Waals surface area contributed by atoms with E-state index in [2.05, 4.69) is 4.90 Å². The lowest BCUT2D eigenvalue weighted by Gasteiger charge is -2.25.